The number of aryl methyl sites for hydroxylation is 3. The Morgan fingerprint density at radius 3 is 2.70 bits per heavy atom. The molecule has 1 heterocycles. The minimum atomic E-state index is -0.128. The monoisotopic (exact) mass is 418 g/mol. The molecule has 0 fully saturated rings. The number of nitrogens with one attached hydrogen (secondary N) is 2. The molecule has 0 saturated heterocycles. The van der Waals surface area contributed by atoms with Crippen LogP contribution in [0, 0.1) is 20.8 Å². The number of amides is 1. The fraction of sp³-hybridized carbons (Fsp3) is 0.211. The third-order valence-corrected chi connectivity index (χ3v) is 5.97. The van der Waals surface area contributed by atoms with Crippen molar-refractivity contribution in [2.24, 2.45) is 0 Å². The van der Waals surface area contributed by atoms with Crippen molar-refractivity contribution in [1.82, 2.24) is 10.2 Å². The Morgan fingerprint density at radius 2 is 1.96 bits per heavy atom. The van der Waals surface area contributed by atoms with E-state index in [1.165, 1.54) is 28.7 Å². The number of rotatable bonds is 6. The molecule has 3 aromatic rings. The van der Waals surface area contributed by atoms with Crippen LogP contribution < -0.4 is 10.6 Å². The van der Waals surface area contributed by atoms with Gasteiger partial charge in [0.25, 0.3) is 0 Å². The van der Waals surface area contributed by atoms with Gasteiger partial charge < -0.3 is 10.6 Å². The molecule has 0 bridgehead atoms. The first-order chi connectivity index (χ1) is 12.9. The normalized spacial score (nSPS) is 10.7. The average Bonchev–Trinajstić information content (AvgIpc) is 3.03. The maximum Gasteiger partial charge on any atom is 0.234 e. The summed E-state index contributed by atoms with van der Waals surface area (Å²) >= 11 is 9.00. The summed E-state index contributed by atoms with van der Waals surface area (Å²) in [6.45, 7) is 5.93. The number of carbonyl (C=O) groups is 1. The summed E-state index contributed by atoms with van der Waals surface area (Å²) in [6, 6.07) is 11.9. The first kappa shape index (κ1) is 19.7. The Morgan fingerprint density at radius 1 is 1.15 bits per heavy atom. The zero-order chi connectivity index (χ0) is 19.4. The van der Waals surface area contributed by atoms with E-state index in [2.05, 4.69) is 20.8 Å². The molecule has 2 N–H and O–H groups in total. The van der Waals surface area contributed by atoms with E-state index in [-0.39, 0.29) is 11.7 Å². The number of carbonyl (C=O) groups excluding carboxylic acids is 1. The van der Waals surface area contributed by atoms with Gasteiger partial charge in [0.2, 0.25) is 11.0 Å². The van der Waals surface area contributed by atoms with Crippen molar-refractivity contribution in [3.05, 3.63) is 58.1 Å². The van der Waals surface area contributed by atoms with E-state index in [0.717, 1.165) is 21.2 Å². The Labute approximate surface area is 171 Å². The number of benzene rings is 2. The van der Waals surface area contributed by atoms with E-state index in [9.17, 15) is 4.79 Å². The SMILES string of the molecule is Cc1cccc(Nc2nnc(SCC(=O)Nc3c(C)cc(C)cc3Cl)s2)c1. The molecule has 140 valence electrons. The summed E-state index contributed by atoms with van der Waals surface area (Å²) in [6.07, 6.45) is 0. The zero-order valence-electron chi connectivity index (χ0n) is 15.2. The van der Waals surface area contributed by atoms with Gasteiger partial charge in [-0.3, -0.25) is 4.79 Å². The predicted molar refractivity (Wildman–Crippen MR) is 115 cm³/mol. The number of aromatic nitrogens is 2. The summed E-state index contributed by atoms with van der Waals surface area (Å²) < 4.78 is 0.729. The predicted octanol–water partition coefficient (Wildman–Crippen LogP) is 5.59. The van der Waals surface area contributed by atoms with Crippen molar-refractivity contribution in [3.8, 4) is 0 Å². The average molecular weight is 419 g/mol. The van der Waals surface area contributed by atoms with Crippen molar-refractivity contribution in [1.29, 1.82) is 0 Å². The van der Waals surface area contributed by atoms with Crippen LogP contribution in [0.25, 0.3) is 0 Å². The third-order valence-electron chi connectivity index (χ3n) is 3.70. The lowest BCUT2D eigenvalue weighted by Crippen LogP contribution is -2.15. The lowest BCUT2D eigenvalue weighted by Gasteiger charge is -2.11. The van der Waals surface area contributed by atoms with E-state index in [1.807, 2.05) is 57.2 Å². The fourth-order valence-corrected chi connectivity index (χ4v) is 4.48. The Balaban J connectivity index is 1.56. The van der Waals surface area contributed by atoms with E-state index >= 15 is 0 Å². The summed E-state index contributed by atoms with van der Waals surface area (Å²) in [5, 5.41) is 15.6. The molecule has 27 heavy (non-hydrogen) atoms. The van der Waals surface area contributed by atoms with Gasteiger partial charge in [-0.2, -0.15) is 0 Å². The highest BCUT2D eigenvalue weighted by molar-refractivity contribution is 8.01. The van der Waals surface area contributed by atoms with E-state index < -0.39 is 0 Å². The highest BCUT2D eigenvalue weighted by Crippen LogP contribution is 2.30. The fourth-order valence-electron chi connectivity index (χ4n) is 2.54. The molecule has 5 nitrogen and oxygen atoms in total. The lowest BCUT2D eigenvalue weighted by molar-refractivity contribution is -0.113. The van der Waals surface area contributed by atoms with Crippen LogP contribution in [0.4, 0.5) is 16.5 Å². The van der Waals surface area contributed by atoms with Gasteiger partial charge in [-0.15, -0.1) is 10.2 Å². The molecular formula is C19H19ClN4OS2. The van der Waals surface area contributed by atoms with Crippen molar-refractivity contribution < 1.29 is 4.79 Å². The van der Waals surface area contributed by atoms with Gasteiger partial charge in [-0.25, -0.2) is 0 Å². The van der Waals surface area contributed by atoms with E-state index in [0.29, 0.717) is 15.8 Å². The smallest absolute Gasteiger partial charge is 0.234 e. The second-order valence-electron chi connectivity index (χ2n) is 6.14. The summed E-state index contributed by atoms with van der Waals surface area (Å²) in [5.41, 5.74) is 4.80. The quantitative estimate of drug-likeness (QED) is 0.510. The molecule has 0 spiro atoms. The van der Waals surface area contributed by atoms with E-state index in [4.69, 9.17) is 11.6 Å². The molecule has 2 aromatic carbocycles. The van der Waals surface area contributed by atoms with Crippen molar-refractivity contribution >= 4 is 57.1 Å². The Bertz CT molecular complexity index is 951. The molecule has 0 radical (unpaired) electrons. The lowest BCUT2D eigenvalue weighted by atomic mass is 10.1. The molecule has 8 heteroatoms. The number of thioether (sulfide) groups is 1. The molecule has 0 aliphatic carbocycles. The minimum Gasteiger partial charge on any atom is -0.330 e. The van der Waals surface area contributed by atoms with Crippen LogP contribution in [0.3, 0.4) is 0 Å². The van der Waals surface area contributed by atoms with Crippen LogP contribution in [0.1, 0.15) is 16.7 Å². The third kappa shape index (κ3) is 5.45. The molecule has 0 saturated carbocycles. The molecule has 3 rings (SSSR count). The van der Waals surface area contributed by atoms with Gasteiger partial charge in [0.05, 0.1) is 16.5 Å². The van der Waals surface area contributed by atoms with Crippen molar-refractivity contribution in [2.45, 2.75) is 25.1 Å². The highest BCUT2D eigenvalue weighted by atomic mass is 35.5. The van der Waals surface area contributed by atoms with Crippen molar-refractivity contribution in [2.75, 3.05) is 16.4 Å². The van der Waals surface area contributed by atoms with Crippen LogP contribution in [0.15, 0.2) is 40.7 Å². The largest absolute Gasteiger partial charge is 0.330 e. The molecule has 0 aliphatic heterocycles. The summed E-state index contributed by atoms with van der Waals surface area (Å²) in [5.74, 6) is 0.111. The number of nitrogens with zero attached hydrogens (tertiary/aromatic N) is 2. The maximum atomic E-state index is 12.3. The van der Waals surface area contributed by atoms with E-state index in [1.54, 1.807) is 0 Å². The standard InChI is InChI=1S/C19H19ClN4OS2/c1-11-5-4-6-14(8-11)21-18-23-24-19(27-18)26-10-16(25)22-17-13(3)7-12(2)9-15(17)20/h4-9H,10H2,1-3H3,(H,21,23)(H,22,25). The van der Waals surface area contributed by atoms with Gasteiger partial charge >= 0.3 is 0 Å². The molecule has 0 aliphatic rings. The number of anilines is 3. The van der Waals surface area contributed by atoms with Gasteiger partial charge in [-0.05, 0) is 55.7 Å². The highest BCUT2D eigenvalue weighted by Gasteiger charge is 2.12. The van der Waals surface area contributed by atoms with Gasteiger partial charge in [-0.1, -0.05) is 52.9 Å². The maximum absolute atomic E-state index is 12.3. The topological polar surface area (TPSA) is 66.9 Å². The summed E-state index contributed by atoms with van der Waals surface area (Å²) in [7, 11) is 0. The minimum absolute atomic E-state index is 0.128. The van der Waals surface area contributed by atoms with Crippen LogP contribution >= 0.6 is 34.7 Å². The molecule has 1 aromatic heterocycles. The first-order valence-corrected chi connectivity index (χ1v) is 10.5. The van der Waals surface area contributed by atoms with Gasteiger partial charge in [0.15, 0.2) is 4.34 Å². The van der Waals surface area contributed by atoms with Gasteiger partial charge in [0.1, 0.15) is 0 Å². The number of hydrogen-bond acceptors (Lipinski definition) is 6. The molecular weight excluding hydrogens is 400 g/mol. The van der Waals surface area contributed by atoms with Crippen LogP contribution in [0.2, 0.25) is 5.02 Å². The second-order valence-corrected chi connectivity index (χ2v) is 8.75. The van der Waals surface area contributed by atoms with Gasteiger partial charge in [0, 0.05) is 5.69 Å². The van der Waals surface area contributed by atoms with Crippen LogP contribution in [-0.2, 0) is 4.79 Å². The van der Waals surface area contributed by atoms with Crippen LogP contribution in [-0.4, -0.2) is 21.9 Å². The van der Waals surface area contributed by atoms with Crippen molar-refractivity contribution in [3.63, 3.8) is 0 Å². The zero-order valence-corrected chi connectivity index (χ0v) is 17.6. The molecule has 1 amide bonds. The molecule has 0 atom stereocenters. The number of hydrogen-bond donors (Lipinski definition) is 2. The molecule has 0 unspecified atom stereocenters. The second kappa shape index (κ2) is 8.73. The Hall–Kier alpha value is -2.09. The summed E-state index contributed by atoms with van der Waals surface area (Å²) in [4.78, 5) is 12.3. The van der Waals surface area contributed by atoms with Crippen LogP contribution in [0.5, 0.6) is 0 Å². The first-order valence-electron chi connectivity index (χ1n) is 8.27. The Kier molecular flexibility index (Phi) is 6.36. The number of halogens is 1.